The van der Waals surface area contributed by atoms with E-state index in [1.54, 1.807) is 6.08 Å². The lowest BCUT2D eigenvalue weighted by molar-refractivity contribution is 1.03. The predicted molar refractivity (Wildman–Crippen MR) is 52.9 cm³/mol. The topological polar surface area (TPSA) is 25.2 Å². The fourth-order valence-electron chi connectivity index (χ4n) is 0.981. The minimum absolute atomic E-state index is 0.671. The summed E-state index contributed by atoms with van der Waals surface area (Å²) in [6.07, 6.45) is 2.65. The lowest BCUT2D eigenvalue weighted by atomic mass is 10.2. The Bertz CT molecular complexity index is 303. The minimum atomic E-state index is 0.671. The monoisotopic (exact) mass is 160 g/mol. The number of aryl methyl sites for hydroxylation is 1. The Morgan fingerprint density at radius 2 is 2.33 bits per heavy atom. The molecular formula is C10H12N2. The molecule has 0 unspecified atom stereocenters. The summed E-state index contributed by atoms with van der Waals surface area (Å²) in [6, 6.07) is 3.94. The Labute approximate surface area is 72.7 Å². The minimum Gasteiger partial charge on any atom is -0.245 e. The molecule has 0 saturated carbocycles. The molecule has 1 rings (SSSR count). The summed E-state index contributed by atoms with van der Waals surface area (Å²) in [5.74, 6) is 0.671. The van der Waals surface area contributed by atoms with Crippen molar-refractivity contribution < 1.29 is 0 Å². The normalized spacial score (nSPS) is 9.42. The van der Waals surface area contributed by atoms with Gasteiger partial charge in [-0.15, -0.1) is 0 Å². The molecular weight excluding hydrogens is 148 g/mol. The molecule has 62 valence electrons. The van der Waals surface area contributed by atoms with E-state index in [0.29, 0.717) is 5.82 Å². The molecule has 2 nitrogen and oxygen atoms in total. The highest BCUT2D eigenvalue weighted by atomic mass is 14.9. The van der Waals surface area contributed by atoms with Crippen molar-refractivity contribution in [1.29, 1.82) is 0 Å². The highest BCUT2D eigenvalue weighted by molar-refractivity contribution is 5.61. The van der Waals surface area contributed by atoms with E-state index in [1.807, 2.05) is 12.1 Å². The van der Waals surface area contributed by atoms with E-state index in [-0.39, 0.29) is 0 Å². The van der Waals surface area contributed by atoms with Crippen LogP contribution < -0.4 is 0 Å². The van der Waals surface area contributed by atoms with Crippen LogP contribution in [0.25, 0.3) is 6.08 Å². The number of aromatic nitrogens is 1. The molecule has 0 saturated heterocycles. The molecule has 12 heavy (non-hydrogen) atoms. The van der Waals surface area contributed by atoms with E-state index < -0.39 is 0 Å². The van der Waals surface area contributed by atoms with Crippen LogP contribution in [0, 0.1) is 0 Å². The first-order valence-corrected chi connectivity index (χ1v) is 3.91. The van der Waals surface area contributed by atoms with Crippen LogP contribution in [-0.4, -0.2) is 11.7 Å². The van der Waals surface area contributed by atoms with Crippen molar-refractivity contribution in [2.45, 2.75) is 13.3 Å². The lowest BCUT2D eigenvalue weighted by Gasteiger charge is -2.00. The molecule has 0 spiro atoms. The summed E-state index contributed by atoms with van der Waals surface area (Å²) < 4.78 is 0. The van der Waals surface area contributed by atoms with Crippen LogP contribution in [-0.2, 0) is 6.42 Å². The standard InChI is InChI=1S/C10H12N2/c1-4-8-6-7-9(5-2)12-10(8)11-3/h4,6-7H,1,3,5H2,2H3. The van der Waals surface area contributed by atoms with Crippen LogP contribution in [0.4, 0.5) is 5.82 Å². The van der Waals surface area contributed by atoms with E-state index in [2.05, 4.69) is 30.2 Å². The van der Waals surface area contributed by atoms with Gasteiger partial charge in [0.25, 0.3) is 0 Å². The van der Waals surface area contributed by atoms with Crippen molar-refractivity contribution in [3.63, 3.8) is 0 Å². The van der Waals surface area contributed by atoms with Gasteiger partial charge >= 0.3 is 0 Å². The molecule has 0 atom stereocenters. The van der Waals surface area contributed by atoms with E-state index in [9.17, 15) is 0 Å². The van der Waals surface area contributed by atoms with Crippen molar-refractivity contribution in [2.75, 3.05) is 0 Å². The highest BCUT2D eigenvalue weighted by Gasteiger charge is 1.98. The zero-order valence-corrected chi connectivity index (χ0v) is 7.25. The SMILES string of the molecule is C=Cc1ccc(CC)nc1N=C. The van der Waals surface area contributed by atoms with Gasteiger partial charge in [-0.05, 0) is 25.3 Å². The Kier molecular flexibility index (Phi) is 2.75. The van der Waals surface area contributed by atoms with Gasteiger partial charge < -0.3 is 0 Å². The summed E-state index contributed by atoms with van der Waals surface area (Å²) >= 11 is 0. The lowest BCUT2D eigenvalue weighted by Crippen LogP contribution is -1.87. The molecule has 0 radical (unpaired) electrons. The summed E-state index contributed by atoms with van der Waals surface area (Å²) in [6.45, 7) is 9.18. The number of aliphatic imine (C=N–C) groups is 1. The van der Waals surface area contributed by atoms with Crippen molar-refractivity contribution in [3.8, 4) is 0 Å². The third-order valence-corrected chi connectivity index (χ3v) is 1.69. The maximum absolute atomic E-state index is 4.28. The molecule has 1 heterocycles. The van der Waals surface area contributed by atoms with Gasteiger partial charge in [0, 0.05) is 11.3 Å². The molecule has 0 aliphatic carbocycles. The first kappa shape index (κ1) is 8.65. The van der Waals surface area contributed by atoms with E-state index in [4.69, 9.17) is 0 Å². The number of pyridine rings is 1. The maximum atomic E-state index is 4.28. The molecule has 0 aromatic carbocycles. The second kappa shape index (κ2) is 3.81. The Morgan fingerprint density at radius 3 is 2.83 bits per heavy atom. The number of hydrogen-bond donors (Lipinski definition) is 0. The van der Waals surface area contributed by atoms with Crippen LogP contribution in [0.1, 0.15) is 18.2 Å². The first-order chi connectivity index (χ1) is 5.81. The Morgan fingerprint density at radius 1 is 1.58 bits per heavy atom. The number of hydrogen-bond acceptors (Lipinski definition) is 2. The van der Waals surface area contributed by atoms with E-state index in [0.717, 1.165) is 17.7 Å². The summed E-state index contributed by atoms with van der Waals surface area (Å²) in [5, 5.41) is 0. The van der Waals surface area contributed by atoms with Crippen LogP contribution in [0.15, 0.2) is 23.7 Å². The molecule has 0 fully saturated rings. The average molecular weight is 160 g/mol. The molecule has 0 bridgehead atoms. The quantitative estimate of drug-likeness (QED) is 0.624. The van der Waals surface area contributed by atoms with E-state index >= 15 is 0 Å². The Balaban J connectivity index is 3.18. The van der Waals surface area contributed by atoms with Gasteiger partial charge in [-0.2, -0.15) is 0 Å². The molecule has 2 heteroatoms. The highest BCUT2D eigenvalue weighted by Crippen LogP contribution is 2.17. The third-order valence-electron chi connectivity index (χ3n) is 1.69. The fourth-order valence-corrected chi connectivity index (χ4v) is 0.981. The van der Waals surface area contributed by atoms with Crippen molar-refractivity contribution in [1.82, 2.24) is 4.98 Å². The largest absolute Gasteiger partial charge is 0.245 e. The molecule has 0 aliphatic rings. The van der Waals surface area contributed by atoms with Gasteiger partial charge in [-0.1, -0.05) is 19.6 Å². The average Bonchev–Trinajstić information content (AvgIpc) is 2.16. The van der Waals surface area contributed by atoms with Gasteiger partial charge in [0.15, 0.2) is 5.82 Å². The van der Waals surface area contributed by atoms with E-state index in [1.165, 1.54) is 0 Å². The van der Waals surface area contributed by atoms with Gasteiger partial charge in [0.1, 0.15) is 0 Å². The molecule has 0 N–H and O–H groups in total. The van der Waals surface area contributed by atoms with Crippen molar-refractivity contribution in [3.05, 3.63) is 30.0 Å². The third kappa shape index (κ3) is 1.59. The van der Waals surface area contributed by atoms with Crippen molar-refractivity contribution >= 4 is 18.6 Å². The number of nitrogens with zero attached hydrogens (tertiary/aromatic N) is 2. The second-order valence-electron chi connectivity index (χ2n) is 2.43. The molecule has 1 aromatic rings. The van der Waals surface area contributed by atoms with Crippen LogP contribution in [0.3, 0.4) is 0 Å². The van der Waals surface area contributed by atoms with Crippen molar-refractivity contribution in [2.24, 2.45) is 4.99 Å². The van der Waals surface area contributed by atoms with Gasteiger partial charge in [-0.3, -0.25) is 0 Å². The van der Waals surface area contributed by atoms with Gasteiger partial charge in [0.2, 0.25) is 0 Å². The first-order valence-electron chi connectivity index (χ1n) is 3.91. The fraction of sp³-hybridized carbons (Fsp3) is 0.200. The molecule has 0 amide bonds. The van der Waals surface area contributed by atoms with Crippen LogP contribution >= 0.6 is 0 Å². The van der Waals surface area contributed by atoms with Crippen LogP contribution in [0.5, 0.6) is 0 Å². The zero-order valence-electron chi connectivity index (χ0n) is 7.25. The molecule has 1 aromatic heterocycles. The van der Waals surface area contributed by atoms with Gasteiger partial charge in [-0.25, -0.2) is 9.98 Å². The smallest absolute Gasteiger partial charge is 0.158 e. The predicted octanol–water partition coefficient (Wildman–Crippen LogP) is 2.62. The second-order valence-corrected chi connectivity index (χ2v) is 2.43. The number of rotatable bonds is 3. The zero-order chi connectivity index (χ0) is 8.97. The van der Waals surface area contributed by atoms with Gasteiger partial charge in [0.05, 0.1) is 0 Å². The van der Waals surface area contributed by atoms with Crippen LogP contribution in [0.2, 0.25) is 0 Å². The summed E-state index contributed by atoms with van der Waals surface area (Å²) in [5.41, 5.74) is 1.96. The summed E-state index contributed by atoms with van der Waals surface area (Å²) in [7, 11) is 0. The molecule has 0 aliphatic heterocycles. The summed E-state index contributed by atoms with van der Waals surface area (Å²) in [4.78, 5) is 8.10. The maximum Gasteiger partial charge on any atom is 0.158 e. The Hall–Kier alpha value is -1.44.